The molecule has 1 aromatic carbocycles. The van der Waals surface area contributed by atoms with Crippen LogP contribution >= 0.6 is 0 Å². The van der Waals surface area contributed by atoms with Crippen LogP contribution in [-0.2, 0) is 6.42 Å². The van der Waals surface area contributed by atoms with Crippen molar-refractivity contribution in [2.24, 2.45) is 10.4 Å². The molecule has 1 N–H and O–H groups in total. The Morgan fingerprint density at radius 2 is 2.05 bits per heavy atom. The van der Waals surface area contributed by atoms with Gasteiger partial charge in [0.15, 0.2) is 5.96 Å². The third kappa shape index (κ3) is 3.20. The number of nitrogens with zero attached hydrogens (tertiary/aromatic N) is 2. The summed E-state index contributed by atoms with van der Waals surface area (Å²) in [4.78, 5) is 6.80. The van der Waals surface area contributed by atoms with E-state index < -0.39 is 0 Å². The van der Waals surface area contributed by atoms with Crippen LogP contribution in [-0.4, -0.2) is 37.5 Å². The minimum Gasteiger partial charge on any atom is -0.356 e. The van der Waals surface area contributed by atoms with Gasteiger partial charge in [0.25, 0.3) is 0 Å². The predicted octanol–water partition coefficient (Wildman–Crippen LogP) is 2.82. The topological polar surface area (TPSA) is 27.6 Å². The molecule has 1 spiro atoms. The molecule has 2 fully saturated rings. The molecule has 1 saturated heterocycles. The van der Waals surface area contributed by atoms with E-state index in [1.807, 2.05) is 19.2 Å². The van der Waals surface area contributed by atoms with Gasteiger partial charge in [-0.3, -0.25) is 4.99 Å². The maximum atomic E-state index is 12.9. The average molecular weight is 289 g/mol. The van der Waals surface area contributed by atoms with Crippen LogP contribution < -0.4 is 5.32 Å². The summed E-state index contributed by atoms with van der Waals surface area (Å²) in [7, 11) is 1.85. The number of likely N-dealkylation sites (tertiary alicyclic amines) is 1. The van der Waals surface area contributed by atoms with E-state index in [0.29, 0.717) is 5.41 Å². The molecule has 2 aliphatic rings. The van der Waals surface area contributed by atoms with Crippen molar-refractivity contribution < 1.29 is 4.39 Å². The molecule has 1 aliphatic heterocycles. The molecule has 21 heavy (non-hydrogen) atoms. The zero-order chi connectivity index (χ0) is 14.7. The first-order valence-electron chi connectivity index (χ1n) is 7.91. The van der Waals surface area contributed by atoms with E-state index in [4.69, 9.17) is 0 Å². The molecule has 0 atom stereocenters. The van der Waals surface area contributed by atoms with Crippen LogP contribution in [0.2, 0.25) is 0 Å². The highest BCUT2D eigenvalue weighted by molar-refractivity contribution is 5.80. The van der Waals surface area contributed by atoms with Crippen molar-refractivity contribution in [2.75, 3.05) is 26.7 Å². The van der Waals surface area contributed by atoms with Gasteiger partial charge in [-0.05, 0) is 48.8 Å². The number of halogens is 1. The molecular weight excluding hydrogens is 265 g/mol. The van der Waals surface area contributed by atoms with Gasteiger partial charge >= 0.3 is 0 Å². The van der Waals surface area contributed by atoms with Crippen LogP contribution in [0, 0.1) is 11.2 Å². The fourth-order valence-corrected chi connectivity index (χ4v) is 3.50. The fourth-order valence-electron chi connectivity index (χ4n) is 3.50. The lowest BCUT2D eigenvalue weighted by Crippen LogP contribution is -2.43. The average Bonchev–Trinajstić information content (AvgIpc) is 2.91. The third-order valence-electron chi connectivity index (χ3n) is 4.97. The van der Waals surface area contributed by atoms with Gasteiger partial charge in [0.1, 0.15) is 5.82 Å². The summed E-state index contributed by atoms with van der Waals surface area (Å²) in [5.74, 6) is 0.839. The lowest BCUT2D eigenvalue weighted by molar-refractivity contribution is 0.151. The molecule has 0 bridgehead atoms. The molecule has 0 aromatic heterocycles. The van der Waals surface area contributed by atoms with Crippen LogP contribution in [0.1, 0.15) is 31.2 Å². The molecule has 3 rings (SSSR count). The second-order valence-corrected chi connectivity index (χ2v) is 6.38. The van der Waals surface area contributed by atoms with Gasteiger partial charge in [-0.25, -0.2) is 4.39 Å². The Morgan fingerprint density at radius 3 is 2.62 bits per heavy atom. The second kappa shape index (κ2) is 6.04. The minimum absolute atomic E-state index is 0.176. The van der Waals surface area contributed by atoms with Crippen molar-refractivity contribution in [1.29, 1.82) is 0 Å². The monoisotopic (exact) mass is 289 g/mol. The van der Waals surface area contributed by atoms with Crippen molar-refractivity contribution in [3.63, 3.8) is 0 Å². The van der Waals surface area contributed by atoms with Crippen molar-refractivity contribution in [3.8, 4) is 0 Å². The van der Waals surface area contributed by atoms with Crippen LogP contribution in [0.5, 0.6) is 0 Å². The van der Waals surface area contributed by atoms with E-state index in [1.54, 1.807) is 0 Å². The Hall–Kier alpha value is -1.58. The summed E-state index contributed by atoms with van der Waals surface area (Å²) in [6.07, 6.45) is 6.36. The van der Waals surface area contributed by atoms with Gasteiger partial charge in [-0.15, -0.1) is 0 Å². The van der Waals surface area contributed by atoms with E-state index in [0.717, 1.165) is 37.6 Å². The van der Waals surface area contributed by atoms with E-state index in [9.17, 15) is 4.39 Å². The van der Waals surface area contributed by atoms with Crippen LogP contribution in [0.4, 0.5) is 4.39 Å². The first-order valence-corrected chi connectivity index (χ1v) is 7.91. The van der Waals surface area contributed by atoms with Gasteiger partial charge in [0, 0.05) is 26.7 Å². The smallest absolute Gasteiger partial charge is 0.193 e. The molecule has 0 amide bonds. The van der Waals surface area contributed by atoms with Crippen molar-refractivity contribution in [3.05, 3.63) is 35.6 Å². The number of aliphatic imine (C=N–C) groups is 1. The quantitative estimate of drug-likeness (QED) is 0.684. The largest absolute Gasteiger partial charge is 0.356 e. The van der Waals surface area contributed by atoms with Crippen molar-refractivity contribution in [2.45, 2.75) is 32.1 Å². The van der Waals surface area contributed by atoms with Crippen LogP contribution in [0.15, 0.2) is 29.3 Å². The standard InChI is InChI=1S/C17H24FN3/c1-19-16(21-12-10-17(13-21)8-2-9-17)20-11-7-14-3-5-15(18)6-4-14/h3-6H,2,7-13H2,1H3,(H,19,20). The van der Waals surface area contributed by atoms with Crippen LogP contribution in [0.25, 0.3) is 0 Å². The second-order valence-electron chi connectivity index (χ2n) is 6.38. The van der Waals surface area contributed by atoms with Gasteiger partial charge in [-0.1, -0.05) is 18.6 Å². The summed E-state index contributed by atoms with van der Waals surface area (Å²) in [5.41, 5.74) is 1.74. The molecule has 3 nitrogen and oxygen atoms in total. The number of hydrogen-bond acceptors (Lipinski definition) is 1. The fraction of sp³-hybridized carbons (Fsp3) is 0.588. The predicted molar refractivity (Wildman–Crippen MR) is 83.9 cm³/mol. The highest BCUT2D eigenvalue weighted by atomic mass is 19.1. The summed E-state index contributed by atoms with van der Waals surface area (Å²) in [6.45, 7) is 3.11. The SMILES string of the molecule is CN=C(NCCc1ccc(F)cc1)N1CCC2(CCC2)C1. The third-order valence-corrected chi connectivity index (χ3v) is 4.97. The van der Waals surface area contributed by atoms with Gasteiger partial charge in [-0.2, -0.15) is 0 Å². The molecule has 0 unspecified atom stereocenters. The summed E-state index contributed by atoms with van der Waals surface area (Å²) < 4.78 is 12.9. The van der Waals surface area contributed by atoms with Crippen LogP contribution in [0.3, 0.4) is 0 Å². The zero-order valence-electron chi connectivity index (χ0n) is 12.7. The number of hydrogen-bond donors (Lipinski definition) is 1. The highest BCUT2D eigenvalue weighted by Crippen LogP contribution is 2.47. The minimum atomic E-state index is -0.176. The maximum Gasteiger partial charge on any atom is 0.193 e. The number of rotatable bonds is 3. The molecular formula is C17H24FN3. The number of benzene rings is 1. The number of guanidine groups is 1. The van der Waals surface area contributed by atoms with E-state index >= 15 is 0 Å². The molecule has 1 saturated carbocycles. The first-order chi connectivity index (χ1) is 10.2. The molecule has 4 heteroatoms. The Bertz CT molecular complexity index is 505. The summed E-state index contributed by atoms with van der Waals surface area (Å²) in [5, 5.41) is 3.44. The molecule has 1 aromatic rings. The molecule has 114 valence electrons. The van der Waals surface area contributed by atoms with Gasteiger partial charge in [0.05, 0.1) is 0 Å². The Balaban J connectivity index is 1.48. The van der Waals surface area contributed by atoms with Gasteiger partial charge in [0.2, 0.25) is 0 Å². The van der Waals surface area contributed by atoms with Crippen molar-refractivity contribution in [1.82, 2.24) is 10.2 Å². The van der Waals surface area contributed by atoms with Gasteiger partial charge < -0.3 is 10.2 Å². The lowest BCUT2D eigenvalue weighted by atomic mass is 9.68. The van der Waals surface area contributed by atoms with E-state index in [2.05, 4.69) is 15.2 Å². The normalized spacial score (nSPS) is 20.7. The Kier molecular flexibility index (Phi) is 4.13. The summed E-state index contributed by atoms with van der Waals surface area (Å²) in [6, 6.07) is 6.73. The number of nitrogens with one attached hydrogen (secondary N) is 1. The molecule has 1 aliphatic carbocycles. The van der Waals surface area contributed by atoms with E-state index in [1.165, 1.54) is 37.8 Å². The van der Waals surface area contributed by atoms with E-state index in [-0.39, 0.29) is 5.82 Å². The highest BCUT2D eigenvalue weighted by Gasteiger charge is 2.43. The summed E-state index contributed by atoms with van der Waals surface area (Å²) >= 11 is 0. The Morgan fingerprint density at radius 1 is 1.29 bits per heavy atom. The maximum absolute atomic E-state index is 12.9. The molecule has 0 radical (unpaired) electrons. The lowest BCUT2D eigenvalue weighted by Gasteiger charge is -2.38. The van der Waals surface area contributed by atoms with Crippen molar-refractivity contribution >= 4 is 5.96 Å². The zero-order valence-corrected chi connectivity index (χ0v) is 12.7. The Labute approximate surface area is 126 Å². The molecule has 1 heterocycles. The first kappa shape index (κ1) is 14.4.